The van der Waals surface area contributed by atoms with E-state index in [1.807, 2.05) is 0 Å². The molecule has 1 saturated heterocycles. The van der Waals surface area contributed by atoms with Gasteiger partial charge in [-0.2, -0.15) is 0 Å². The molecule has 2 rings (SSSR count). The Labute approximate surface area is 239 Å². The molecule has 226 valence electrons. The van der Waals surface area contributed by atoms with Gasteiger partial charge in [0.25, 0.3) is 5.91 Å². The summed E-state index contributed by atoms with van der Waals surface area (Å²) in [7, 11) is -1.78. The van der Waals surface area contributed by atoms with Crippen molar-refractivity contribution in [3.8, 4) is 0 Å². The quantitative estimate of drug-likeness (QED) is 0.0409. The molecule has 15 nitrogen and oxygen atoms in total. The minimum Gasteiger partial charge on any atom is -0.426 e. The number of β-amino-alcohol motifs (C(OH)–C–C–N with tert-alkyl or cyclic N) is 1. The van der Waals surface area contributed by atoms with Crippen LogP contribution in [0.4, 0.5) is 0 Å². The Balaban J connectivity index is 1.61. The number of aliphatic hydroxyl groups is 1. The Kier molecular flexibility index (Phi) is 14.0. The second-order valence-corrected chi connectivity index (χ2v) is 9.88. The van der Waals surface area contributed by atoms with E-state index in [0.29, 0.717) is 44.3 Å². The number of guanidine groups is 1. The van der Waals surface area contributed by atoms with Crippen molar-refractivity contribution in [2.24, 2.45) is 22.2 Å². The highest BCUT2D eigenvalue weighted by Crippen LogP contribution is 2.18. The van der Waals surface area contributed by atoms with Crippen molar-refractivity contribution < 1.29 is 34.3 Å². The number of aliphatic hydroxyl groups excluding tert-OH is 1. The van der Waals surface area contributed by atoms with Gasteiger partial charge in [-0.25, -0.2) is 0 Å². The van der Waals surface area contributed by atoms with Crippen molar-refractivity contribution in [1.29, 1.82) is 0 Å². The number of nitrogens with zero attached hydrogens (tertiary/aromatic N) is 2. The van der Waals surface area contributed by atoms with Crippen molar-refractivity contribution in [3.05, 3.63) is 35.4 Å². The first kappa shape index (κ1) is 33.5. The summed E-state index contributed by atoms with van der Waals surface area (Å²) >= 11 is 0. The lowest BCUT2D eigenvalue weighted by Crippen LogP contribution is -2.49. The number of rotatable bonds is 16. The van der Waals surface area contributed by atoms with Gasteiger partial charge in [-0.05, 0) is 49.8 Å². The van der Waals surface area contributed by atoms with Gasteiger partial charge < -0.3 is 53.2 Å². The zero-order chi connectivity index (χ0) is 30.4. The molecule has 0 aromatic heterocycles. The van der Waals surface area contributed by atoms with E-state index in [2.05, 4.69) is 20.9 Å². The lowest BCUT2D eigenvalue weighted by molar-refractivity contribution is -0.130. The topological polar surface area (TPSA) is 259 Å². The molecule has 1 aromatic carbocycles. The Hall–Kier alpha value is -3.73. The minimum atomic E-state index is -1.78. The number of amides is 4. The molecule has 0 aliphatic carbocycles. The van der Waals surface area contributed by atoms with Gasteiger partial charge in [0.05, 0.1) is 24.6 Å². The summed E-state index contributed by atoms with van der Waals surface area (Å²) in [6.07, 6.45) is 1.73. The van der Waals surface area contributed by atoms with Crippen molar-refractivity contribution in [2.45, 2.75) is 63.2 Å². The van der Waals surface area contributed by atoms with Gasteiger partial charge in [0.1, 0.15) is 0 Å². The van der Waals surface area contributed by atoms with Gasteiger partial charge in [-0.3, -0.25) is 24.2 Å². The number of nitrogens with one attached hydrogen (secondary N) is 3. The number of likely N-dealkylation sites (tertiary alicyclic amines) is 1. The molecule has 0 spiro atoms. The number of benzene rings is 1. The third-order valence-electron chi connectivity index (χ3n) is 6.53. The van der Waals surface area contributed by atoms with Gasteiger partial charge >= 0.3 is 7.12 Å². The number of hydrogen-bond donors (Lipinski definition) is 9. The van der Waals surface area contributed by atoms with E-state index in [-0.39, 0.29) is 50.2 Å². The highest BCUT2D eigenvalue weighted by Gasteiger charge is 2.40. The van der Waals surface area contributed by atoms with Gasteiger partial charge in [0.15, 0.2) is 5.96 Å². The average molecular weight is 576 g/mol. The molecule has 16 heteroatoms. The highest BCUT2D eigenvalue weighted by atomic mass is 16.4. The molecule has 3 atom stereocenters. The Morgan fingerprint density at radius 1 is 1.05 bits per heavy atom. The lowest BCUT2D eigenvalue weighted by Gasteiger charge is -2.23. The largest absolute Gasteiger partial charge is 0.475 e. The third-order valence-corrected chi connectivity index (χ3v) is 6.53. The summed E-state index contributed by atoms with van der Waals surface area (Å²) in [6.45, 7) is 0.696. The number of aliphatic imine (C=N–C) groups is 1. The Morgan fingerprint density at radius 3 is 2.41 bits per heavy atom. The fourth-order valence-corrected chi connectivity index (χ4v) is 4.24. The van der Waals surface area contributed by atoms with Gasteiger partial charge in [0.2, 0.25) is 17.7 Å². The third kappa shape index (κ3) is 12.1. The van der Waals surface area contributed by atoms with Crippen molar-refractivity contribution in [3.63, 3.8) is 0 Å². The average Bonchev–Trinajstić information content (AvgIpc) is 3.34. The predicted molar refractivity (Wildman–Crippen MR) is 152 cm³/mol. The van der Waals surface area contributed by atoms with E-state index >= 15 is 0 Å². The first-order valence-electron chi connectivity index (χ1n) is 13.5. The summed E-state index contributed by atoms with van der Waals surface area (Å²) < 4.78 is 0. The second-order valence-electron chi connectivity index (χ2n) is 9.88. The number of unbranched alkanes of at least 4 members (excludes halogenated alkanes) is 1. The van der Waals surface area contributed by atoms with Crippen molar-refractivity contribution in [1.82, 2.24) is 20.9 Å². The smallest absolute Gasteiger partial charge is 0.426 e. The van der Waals surface area contributed by atoms with Crippen LogP contribution < -0.4 is 33.2 Å². The van der Waals surface area contributed by atoms with E-state index < -0.39 is 37.0 Å². The second kappa shape index (κ2) is 17.2. The summed E-state index contributed by atoms with van der Waals surface area (Å²) in [5.74, 6) is -2.36. The van der Waals surface area contributed by atoms with Gasteiger partial charge in [-0.15, -0.1) is 0 Å². The lowest BCUT2D eigenvalue weighted by atomic mass is 9.77. The standard InChI is InChI=1S/C25H41BN8O7/c27-19(4-3-11-31-25(28)29)24(39)30-10-2-1-5-21(36)32-13-16-6-8-17(9-7-16)23(38)33-14-22(37)34-15-18(35)12-20(34)26(40)41/h6-9,18-20,35,40-41H,1-5,10-15,27H2,(H,30,39)(H,32,36)(H,33,38)(H4,28,29,31)/t18?,19-,20-/m0/s1. The van der Waals surface area contributed by atoms with Crippen LogP contribution in [-0.4, -0.2) is 101 Å². The van der Waals surface area contributed by atoms with Crippen LogP contribution >= 0.6 is 0 Å². The van der Waals surface area contributed by atoms with Crippen LogP contribution in [0.5, 0.6) is 0 Å². The normalized spacial score (nSPS) is 16.9. The van der Waals surface area contributed by atoms with Crippen LogP contribution in [0.25, 0.3) is 0 Å². The predicted octanol–water partition coefficient (Wildman–Crippen LogP) is -3.33. The molecule has 41 heavy (non-hydrogen) atoms. The van der Waals surface area contributed by atoms with Crippen LogP contribution in [-0.2, 0) is 20.9 Å². The number of nitrogens with two attached hydrogens (primary N) is 3. The van der Waals surface area contributed by atoms with Crippen LogP contribution in [0.3, 0.4) is 0 Å². The fourth-order valence-electron chi connectivity index (χ4n) is 4.24. The SMILES string of the molecule is NC(N)=NCCC[C@H](N)C(=O)NCCCCC(=O)NCc1ccc(C(=O)NCC(=O)N2CC(O)C[C@H]2B(O)O)cc1. The number of carbonyl (C=O) groups excluding carboxylic acids is 4. The summed E-state index contributed by atoms with van der Waals surface area (Å²) in [6, 6.07) is 5.85. The maximum Gasteiger partial charge on any atom is 0.475 e. The molecule has 12 N–H and O–H groups in total. The summed E-state index contributed by atoms with van der Waals surface area (Å²) in [4.78, 5) is 53.9. The molecule has 1 unspecified atom stereocenters. The molecule has 0 bridgehead atoms. The van der Waals surface area contributed by atoms with Crippen LogP contribution in [0.2, 0.25) is 0 Å². The Bertz CT molecular complexity index is 1050. The monoisotopic (exact) mass is 576 g/mol. The molecular formula is C25H41BN8O7. The molecule has 0 radical (unpaired) electrons. The van der Waals surface area contributed by atoms with Crippen LogP contribution in [0.15, 0.2) is 29.3 Å². The van der Waals surface area contributed by atoms with E-state index in [4.69, 9.17) is 17.2 Å². The minimum absolute atomic E-state index is 0.000549. The van der Waals surface area contributed by atoms with E-state index in [1.54, 1.807) is 24.3 Å². The molecule has 1 aliphatic rings. The molecular weight excluding hydrogens is 535 g/mol. The maximum absolute atomic E-state index is 12.4. The van der Waals surface area contributed by atoms with Crippen LogP contribution in [0.1, 0.15) is 54.4 Å². The van der Waals surface area contributed by atoms with Crippen molar-refractivity contribution in [2.75, 3.05) is 26.2 Å². The summed E-state index contributed by atoms with van der Waals surface area (Å²) in [5.41, 5.74) is 17.4. The Morgan fingerprint density at radius 2 is 1.76 bits per heavy atom. The van der Waals surface area contributed by atoms with Crippen LogP contribution in [0, 0.1) is 0 Å². The zero-order valence-electron chi connectivity index (χ0n) is 23.0. The zero-order valence-corrected chi connectivity index (χ0v) is 23.0. The number of hydrogen-bond acceptors (Lipinski definition) is 9. The molecule has 1 aromatic rings. The molecule has 4 amide bonds. The van der Waals surface area contributed by atoms with Crippen molar-refractivity contribution >= 4 is 36.7 Å². The maximum atomic E-state index is 12.4. The van der Waals surface area contributed by atoms with E-state index in [0.717, 1.165) is 10.5 Å². The first-order valence-corrected chi connectivity index (χ1v) is 13.5. The molecule has 1 fully saturated rings. The van der Waals surface area contributed by atoms with Gasteiger partial charge in [-0.1, -0.05) is 12.1 Å². The van der Waals surface area contributed by atoms with E-state index in [9.17, 15) is 34.3 Å². The highest BCUT2D eigenvalue weighted by molar-refractivity contribution is 6.43. The fraction of sp³-hybridized carbons (Fsp3) is 0.560. The van der Waals surface area contributed by atoms with E-state index in [1.165, 1.54) is 0 Å². The number of carbonyl (C=O) groups is 4. The molecule has 0 saturated carbocycles. The molecule has 1 aliphatic heterocycles. The first-order chi connectivity index (χ1) is 19.5. The summed E-state index contributed by atoms with van der Waals surface area (Å²) in [5, 5.41) is 36.6. The van der Waals surface area contributed by atoms with Gasteiger partial charge in [0, 0.05) is 38.2 Å². The molecule has 1 heterocycles.